The Kier molecular flexibility index (Phi) is 5.61. The molecule has 0 spiro atoms. The summed E-state index contributed by atoms with van der Waals surface area (Å²) >= 11 is 1.21. The van der Waals surface area contributed by atoms with Crippen LogP contribution < -0.4 is 10.2 Å². The standard InChI is InChI=1S/C18H13N3O6S/c22-17(23)10-27-14-4-1-11(2-5-14)9-19-20-18(24)16-8-12-7-13(21(25)26)3-6-15(12)28-16/h1-9H,10H2,(H,20,24)(H,22,23)/b19-9-. The number of aliphatic carboxylic acids is 1. The van der Waals surface area contributed by atoms with Gasteiger partial charge in [0.2, 0.25) is 0 Å². The van der Waals surface area contributed by atoms with Crippen LogP contribution in [-0.4, -0.2) is 34.7 Å². The first-order valence-electron chi connectivity index (χ1n) is 7.88. The number of rotatable bonds is 7. The Hall–Kier alpha value is -3.79. The van der Waals surface area contributed by atoms with Crippen molar-refractivity contribution >= 4 is 45.2 Å². The summed E-state index contributed by atoms with van der Waals surface area (Å²) in [4.78, 5) is 33.4. The highest BCUT2D eigenvalue weighted by Gasteiger charge is 2.12. The van der Waals surface area contributed by atoms with Crippen LogP contribution in [-0.2, 0) is 4.79 Å². The number of carbonyl (C=O) groups is 2. The Morgan fingerprint density at radius 1 is 1.21 bits per heavy atom. The molecule has 0 aliphatic carbocycles. The summed E-state index contributed by atoms with van der Waals surface area (Å²) in [5.41, 5.74) is 3.04. The van der Waals surface area contributed by atoms with Gasteiger partial charge in [-0.2, -0.15) is 5.10 Å². The van der Waals surface area contributed by atoms with E-state index in [-0.39, 0.29) is 5.69 Å². The van der Waals surface area contributed by atoms with E-state index in [4.69, 9.17) is 9.84 Å². The molecule has 0 saturated heterocycles. The Morgan fingerprint density at radius 2 is 1.96 bits per heavy atom. The topological polar surface area (TPSA) is 131 Å². The van der Waals surface area contributed by atoms with Gasteiger partial charge in [-0.15, -0.1) is 11.3 Å². The van der Waals surface area contributed by atoms with E-state index in [9.17, 15) is 19.7 Å². The fourth-order valence-electron chi connectivity index (χ4n) is 2.27. The summed E-state index contributed by atoms with van der Waals surface area (Å²) in [6.07, 6.45) is 1.43. The molecule has 1 aromatic heterocycles. The number of carboxylic acids is 1. The summed E-state index contributed by atoms with van der Waals surface area (Å²) in [7, 11) is 0. The summed E-state index contributed by atoms with van der Waals surface area (Å²) < 4.78 is 5.78. The molecule has 10 heteroatoms. The van der Waals surface area contributed by atoms with E-state index in [1.165, 1.54) is 29.7 Å². The predicted molar refractivity (Wildman–Crippen MR) is 103 cm³/mol. The third-order valence-electron chi connectivity index (χ3n) is 3.56. The average molecular weight is 399 g/mol. The molecule has 142 valence electrons. The van der Waals surface area contributed by atoms with Crippen molar-refractivity contribution in [2.24, 2.45) is 5.10 Å². The zero-order valence-electron chi connectivity index (χ0n) is 14.2. The van der Waals surface area contributed by atoms with Crippen LogP contribution in [0, 0.1) is 10.1 Å². The second-order valence-electron chi connectivity index (χ2n) is 5.54. The predicted octanol–water partition coefficient (Wildman–Crippen LogP) is 3.04. The number of thiophene rings is 1. The fourth-order valence-corrected chi connectivity index (χ4v) is 3.20. The van der Waals surface area contributed by atoms with Crippen molar-refractivity contribution in [1.82, 2.24) is 5.43 Å². The summed E-state index contributed by atoms with van der Waals surface area (Å²) in [6.45, 7) is -0.429. The molecule has 0 bridgehead atoms. The lowest BCUT2D eigenvalue weighted by Gasteiger charge is -2.02. The molecular formula is C18H13N3O6S. The third kappa shape index (κ3) is 4.68. The Bertz CT molecular complexity index is 1070. The second kappa shape index (κ2) is 8.27. The maximum Gasteiger partial charge on any atom is 0.341 e. The molecule has 0 unspecified atom stereocenters. The minimum atomic E-state index is -1.07. The zero-order chi connectivity index (χ0) is 20.1. The quantitative estimate of drug-likeness (QED) is 0.357. The summed E-state index contributed by atoms with van der Waals surface area (Å²) in [5, 5.41) is 23.9. The van der Waals surface area contributed by atoms with Crippen LogP contribution in [0.2, 0.25) is 0 Å². The van der Waals surface area contributed by atoms with E-state index in [1.807, 2.05) is 0 Å². The van der Waals surface area contributed by atoms with Crippen LogP contribution in [0.3, 0.4) is 0 Å². The Labute approximate surface area is 162 Å². The van der Waals surface area contributed by atoms with Crippen LogP contribution in [0.1, 0.15) is 15.2 Å². The largest absolute Gasteiger partial charge is 0.482 e. The van der Waals surface area contributed by atoms with E-state index in [0.29, 0.717) is 21.6 Å². The van der Waals surface area contributed by atoms with Gasteiger partial charge in [-0.25, -0.2) is 10.2 Å². The third-order valence-corrected chi connectivity index (χ3v) is 4.67. The van der Waals surface area contributed by atoms with Gasteiger partial charge in [0.25, 0.3) is 11.6 Å². The molecule has 3 rings (SSSR count). The van der Waals surface area contributed by atoms with Crippen LogP contribution in [0.15, 0.2) is 53.6 Å². The van der Waals surface area contributed by atoms with Crippen molar-refractivity contribution in [3.63, 3.8) is 0 Å². The lowest BCUT2D eigenvalue weighted by Crippen LogP contribution is -2.16. The molecule has 0 aliphatic heterocycles. The van der Waals surface area contributed by atoms with Crippen molar-refractivity contribution in [3.8, 4) is 5.75 Å². The van der Waals surface area contributed by atoms with E-state index in [1.54, 1.807) is 36.4 Å². The highest BCUT2D eigenvalue weighted by atomic mass is 32.1. The molecule has 2 N–H and O–H groups in total. The maximum absolute atomic E-state index is 12.2. The van der Waals surface area contributed by atoms with Gasteiger partial charge in [-0.1, -0.05) is 0 Å². The molecule has 1 heterocycles. The van der Waals surface area contributed by atoms with Crippen molar-refractivity contribution in [2.45, 2.75) is 0 Å². The van der Waals surface area contributed by atoms with E-state index < -0.39 is 23.4 Å². The van der Waals surface area contributed by atoms with E-state index in [2.05, 4.69) is 10.5 Å². The van der Waals surface area contributed by atoms with Crippen LogP contribution in [0.4, 0.5) is 5.69 Å². The van der Waals surface area contributed by atoms with Crippen molar-refractivity contribution in [3.05, 3.63) is 69.1 Å². The molecule has 3 aromatic rings. The molecule has 0 fully saturated rings. The van der Waals surface area contributed by atoms with Crippen molar-refractivity contribution < 1.29 is 24.4 Å². The van der Waals surface area contributed by atoms with Gasteiger partial charge in [0.1, 0.15) is 5.75 Å². The number of hydrazone groups is 1. The minimum absolute atomic E-state index is 0.0361. The maximum atomic E-state index is 12.2. The number of nitrogens with one attached hydrogen (secondary N) is 1. The number of carbonyl (C=O) groups excluding carboxylic acids is 1. The van der Waals surface area contributed by atoms with Gasteiger partial charge in [-0.05, 0) is 42.0 Å². The number of nitro benzene ring substituents is 1. The van der Waals surface area contributed by atoms with Gasteiger partial charge in [0.15, 0.2) is 6.61 Å². The van der Waals surface area contributed by atoms with Crippen molar-refractivity contribution in [2.75, 3.05) is 6.61 Å². The summed E-state index contributed by atoms with van der Waals surface area (Å²) in [5.74, 6) is -1.09. The van der Waals surface area contributed by atoms with Gasteiger partial charge < -0.3 is 9.84 Å². The molecule has 0 aliphatic rings. The fraction of sp³-hybridized carbons (Fsp3) is 0.0556. The first-order chi connectivity index (χ1) is 13.4. The molecule has 2 aromatic carbocycles. The number of nitro groups is 1. The minimum Gasteiger partial charge on any atom is -0.482 e. The van der Waals surface area contributed by atoms with Crippen LogP contribution >= 0.6 is 11.3 Å². The first-order valence-corrected chi connectivity index (χ1v) is 8.70. The first kappa shape index (κ1) is 19.0. The molecule has 0 radical (unpaired) electrons. The molecule has 28 heavy (non-hydrogen) atoms. The van der Waals surface area contributed by atoms with E-state index in [0.717, 1.165) is 4.70 Å². The number of benzene rings is 2. The molecule has 1 amide bonds. The normalized spacial score (nSPS) is 10.9. The number of hydrogen-bond acceptors (Lipinski definition) is 7. The molecule has 0 saturated carbocycles. The lowest BCUT2D eigenvalue weighted by molar-refractivity contribution is -0.384. The van der Waals surface area contributed by atoms with E-state index >= 15 is 0 Å². The molecule has 9 nitrogen and oxygen atoms in total. The van der Waals surface area contributed by atoms with Gasteiger partial charge >= 0.3 is 5.97 Å². The zero-order valence-corrected chi connectivity index (χ0v) is 15.0. The smallest absolute Gasteiger partial charge is 0.341 e. The van der Waals surface area contributed by atoms with Gasteiger partial charge in [-0.3, -0.25) is 14.9 Å². The van der Waals surface area contributed by atoms with Gasteiger partial charge in [0.05, 0.1) is 16.0 Å². The monoisotopic (exact) mass is 399 g/mol. The number of carboxylic acid groups (broad SMARTS) is 1. The number of hydrogen-bond donors (Lipinski definition) is 2. The number of non-ortho nitro benzene ring substituents is 1. The number of ether oxygens (including phenoxy) is 1. The van der Waals surface area contributed by atoms with Crippen molar-refractivity contribution in [1.29, 1.82) is 0 Å². The average Bonchev–Trinajstić information content (AvgIpc) is 3.10. The Morgan fingerprint density at radius 3 is 2.64 bits per heavy atom. The lowest BCUT2D eigenvalue weighted by atomic mass is 10.2. The van der Waals surface area contributed by atoms with Crippen LogP contribution in [0.25, 0.3) is 10.1 Å². The second-order valence-corrected chi connectivity index (χ2v) is 6.62. The number of fused-ring (bicyclic) bond motifs is 1. The van der Waals surface area contributed by atoms with Gasteiger partial charge in [0, 0.05) is 22.2 Å². The number of nitrogens with zero attached hydrogens (tertiary/aromatic N) is 2. The van der Waals surface area contributed by atoms with Crippen LogP contribution in [0.5, 0.6) is 5.75 Å². The molecular weight excluding hydrogens is 386 g/mol. The SMILES string of the molecule is O=C(O)COc1ccc(/C=N\NC(=O)c2cc3cc([N+](=O)[O-])ccc3s2)cc1. The molecule has 0 atom stereocenters. The highest BCUT2D eigenvalue weighted by Crippen LogP contribution is 2.28. The highest BCUT2D eigenvalue weighted by molar-refractivity contribution is 7.20. The number of amides is 1. The summed E-state index contributed by atoms with van der Waals surface area (Å²) in [6, 6.07) is 12.5. The Balaban J connectivity index is 1.62.